The molecule has 0 spiro atoms. The molecule has 13 heteroatoms. The average Bonchev–Trinajstić information content (AvgIpc) is 3.34. The molecule has 0 radical (unpaired) electrons. The van der Waals surface area contributed by atoms with Gasteiger partial charge in [-0.15, -0.1) is 0 Å². The van der Waals surface area contributed by atoms with Crippen LogP contribution in [0.1, 0.15) is 31.0 Å². The highest BCUT2D eigenvalue weighted by molar-refractivity contribution is 5.94. The zero-order valence-electron chi connectivity index (χ0n) is 19.8. The van der Waals surface area contributed by atoms with E-state index in [1.165, 1.54) is 19.4 Å². The second-order valence-electron chi connectivity index (χ2n) is 8.27. The van der Waals surface area contributed by atoms with Gasteiger partial charge in [0.25, 0.3) is 0 Å². The van der Waals surface area contributed by atoms with E-state index in [0.717, 1.165) is 5.56 Å². The molecule has 194 valence electrons. The molecular weight excluding hydrogens is 470 g/mol. The van der Waals surface area contributed by atoms with Crippen LogP contribution in [0.4, 0.5) is 0 Å². The molecule has 1 aromatic heterocycles. The van der Waals surface area contributed by atoms with Crippen molar-refractivity contribution in [3.8, 4) is 0 Å². The van der Waals surface area contributed by atoms with E-state index in [2.05, 4.69) is 25.9 Å². The minimum Gasteiger partial charge on any atom is -0.480 e. The van der Waals surface area contributed by atoms with Gasteiger partial charge in [0.15, 0.2) is 0 Å². The second-order valence-corrected chi connectivity index (χ2v) is 8.27. The largest absolute Gasteiger partial charge is 0.480 e. The normalized spacial score (nSPS) is 14.1. The van der Waals surface area contributed by atoms with Crippen LogP contribution < -0.4 is 27.4 Å². The number of aliphatic carboxylic acids is 1. The van der Waals surface area contributed by atoms with Crippen molar-refractivity contribution in [3.63, 3.8) is 0 Å². The molecule has 1 heterocycles. The first kappa shape index (κ1) is 28.0. The first-order valence-electron chi connectivity index (χ1n) is 11.3. The van der Waals surface area contributed by atoms with Crippen LogP contribution in [0.15, 0.2) is 42.9 Å². The van der Waals surface area contributed by atoms with Gasteiger partial charge in [0.05, 0.1) is 12.4 Å². The molecule has 0 aliphatic rings. The third-order valence-electron chi connectivity index (χ3n) is 5.29. The van der Waals surface area contributed by atoms with Crippen molar-refractivity contribution in [2.75, 3.05) is 0 Å². The monoisotopic (exact) mass is 501 g/mol. The number of carbonyl (C=O) groups excluding carboxylic acids is 4. The van der Waals surface area contributed by atoms with E-state index in [1.807, 2.05) is 6.07 Å². The number of hydrogen-bond donors (Lipinski definition) is 7. The number of nitrogens with zero attached hydrogens (tertiary/aromatic N) is 1. The number of nitrogens with one attached hydrogen (secondary N) is 4. The highest BCUT2D eigenvalue weighted by Crippen LogP contribution is 2.05. The van der Waals surface area contributed by atoms with E-state index in [-0.39, 0.29) is 25.7 Å². The van der Waals surface area contributed by atoms with Gasteiger partial charge in [-0.2, -0.15) is 0 Å². The third kappa shape index (κ3) is 9.18. The maximum atomic E-state index is 12.8. The summed E-state index contributed by atoms with van der Waals surface area (Å²) in [6.07, 6.45) is 2.68. The van der Waals surface area contributed by atoms with Crippen LogP contribution in [0, 0.1) is 0 Å². The molecule has 4 unspecified atom stereocenters. The Morgan fingerprint density at radius 1 is 0.972 bits per heavy atom. The molecule has 2 rings (SSSR count). The SMILES string of the molecule is CC(NC(=O)C(CCC(N)=O)NC(=O)C(N)Cc1ccccc1)C(=O)NC(Cc1cnc[nH]1)C(=O)O. The molecule has 2 aromatic rings. The molecule has 36 heavy (non-hydrogen) atoms. The molecule has 0 bridgehead atoms. The minimum absolute atomic E-state index is 0.0433. The summed E-state index contributed by atoms with van der Waals surface area (Å²) in [5.41, 5.74) is 12.5. The summed E-state index contributed by atoms with van der Waals surface area (Å²) < 4.78 is 0. The van der Waals surface area contributed by atoms with Crippen molar-refractivity contribution in [2.45, 2.75) is 56.8 Å². The Kier molecular flexibility index (Phi) is 10.6. The van der Waals surface area contributed by atoms with Crippen molar-refractivity contribution < 1.29 is 29.1 Å². The Morgan fingerprint density at radius 2 is 1.64 bits per heavy atom. The summed E-state index contributed by atoms with van der Waals surface area (Å²) >= 11 is 0. The number of aromatic nitrogens is 2. The zero-order chi connectivity index (χ0) is 26.7. The summed E-state index contributed by atoms with van der Waals surface area (Å²) in [7, 11) is 0. The van der Waals surface area contributed by atoms with Gasteiger partial charge < -0.3 is 37.5 Å². The van der Waals surface area contributed by atoms with Crippen LogP contribution in [-0.2, 0) is 36.8 Å². The van der Waals surface area contributed by atoms with Crippen LogP contribution in [0.3, 0.4) is 0 Å². The first-order chi connectivity index (χ1) is 17.1. The number of amides is 4. The maximum absolute atomic E-state index is 12.8. The number of carboxylic acid groups (broad SMARTS) is 1. The van der Waals surface area contributed by atoms with Crippen molar-refractivity contribution in [1.29, 1.82) is 0 Å². The van der Waals surface area contributed by atoms with Crippen molar-refractivity contribution >= 4 is 29.6 Å². The number of nitrogens with two attached hydrogens (primary N) is 2. The van der Waals surface area contributed by atoms with Gasteiger partial charge in [-0.1, -0.05) is 30.3 Å². The topological polar surface area (TPSA) is 222 Å². The van der Waals surface area contributed by atoms with Crippen LogP contribution in [-0.4, -0.2) is 68.8 Å². The van der Waals surface area contributed by atoms with Gasteiger partial charge in [0.2, 0.25) is 23.6 Å². The molecule has 4 amide bonds. The summed E-state index contributed by atoms with van der Waals surface area (Å²) in [6, 6.07) is 4.48. The highest BCUT2D eigenvalue weighted by atomic mass is 16.4. The molecular formula is C23H31N7O6. The lowest BCUT2D eigenvalue weighted by Gasteiger charge is -2.23. The molecule has 1 aromatic carbocycles. The minimum atomic E-state index is -1.27. The lowest BCUT2D eigenvalue weighted by atomic mass is 10.0. The number of carboxylic acids is 1. The number of benzene rings is 1. The van der Waals surface area contributed by atoms with E-state index < -0.39 is 53.8 Å². The first-order valence-corrected chi connectivity index (χ1v) is 11.3. The van der Waals surface area contributed by atoms with Crippen molar-refractivity contribution in [3.05, 3.63) is 54.1 Å². The summed E-state index contributed by atoms with van der Waals surface area (Å²) in [5.74, 6) is -4.07. The highest BCUT2D eigenvalue weighted by Gasteiger charge is 2.29. The summed E-state index contributed by atoms with van der Waals surface area (Å²) in [4.78, 5) is 67.4. The molecule has 0 saturated heterocycles. The number of aromatic amines is 1. The molecule has 0 aliphatic heterocycles. The fourth-order valence-corrected chi connectivity index (χ4v) is 3.29. The van der Waals surface area contributed by atoms with Crippen molar-refractivity contribution in [1.82, 2.24) is 25.9 Å². The number of primary amides is 1. The molecule has 9 N–H and O–H groups in total. The fourth-order valence-electron chi connectivity index (χ4n) is 3.29. The average molecular weight is 502 g/mol. The Bertz CT molecular complexity index is 1040. The molecule has 13 nitrogen and oxygen atoms in total. The van der Waals surface area contributed by atoms with E-state index in [4.69, 9.17) is 11.5 Å². The molecule has 0 saturated carbocycles. The summed E-state index contributed by atoms with van der Waals surface area (Å²) in [6.45, 7) is 1.36. The Balaban J connectivity index is 1.99. The lowest BCUT2D eigenvalue weighted by molar-refractivity contribution is -0.142. The zero-order valence-corrected chi connectivity index (χ0v) is 19.8. The summed E-state index contributed by atoms with van der Waals surface area (Å²) in [5, 5.41) is 16.7. The van der Waals surface area contributed by atoms with Gasteiger partial charge >= 0.3 is 5.97 Å². The molecule has 0 fully saturated rings. The number of carbonyl (C=O) groups is 5. The standard InChI is InChI=1S/C23H31N7O6/c1-13(20(32)30-18(23(35)36)10-15-11-26-12-27-15)28-22(34)17(7-8-19(25)31)29-21(33)16(24)9-14-5-3-2-4-6-14/h2-6,11-13,16-18H,7-10,24H2,1H3,(H2,25,31)(H,26,27)(H,28,34)(H,29,33)(H,30,32)(H,35,36). The Morgan fingerprint density at radius 3 is 2.22 bits per heavy atom. The van der Waals surface area contributed by atoms with Crippen LogP contribution in [0.5, 0.6) is 0 Å². The Hall–Kier alpha value is -4.26. The van der Waals surface area contributed by atoms with Gasteiger partial charge in [-0.05, 0) is 25.3 Å². The van der Waals surface area contributed by atoms with Gasteiger partial charge in [-0.3, -0.25) is 19.2 Å². The van der Waals surface area contributed by atoms with Crippen LogP contribution in [0.2, 0.25) is 0 Å². The number of imidazole rings is 1. The molecule has 0 aliphatic carbocycles. The van der Waals surface area contributed by atoms with Crippen LogP contribution >= 0.6 is 0 Å². The van der Waals surface area contributed by atoms with Gasteiger partial charge in [-0.25, -0.2) is 9.78 Å². The van der Waals surface area contributed by atoms with E-state index in [9.17, 15) is 29.1 Å². The fraction of sp³-hybridized carbons (Fsp3) is 0.391. The number of hydrogen-bond acceptors (Lipinski definition) is 7. The van der Waals surface area contributed by atoms with Gasteiger partial charge in [0.1, 0.15) is 18.1 Å². The number of rotatable bonds is 14. The van der Waals surface area contributed by atoms with Gasteiger partial charge in [0, 0.05) is 24.7 Å². The molecule has 4 atom stereocenters. The lowest BCUT2D eigenvalue weighted by Crippen LogP contribution is -2.56. The maximum Gasteiger partial charge on any atom is 0.326 e. The Labute approximate surface area is 207 Å². The van der Waals surface area contributed by atoms with Crippen molar-refractivity contribution in [2.24, 2.45) is 11.5 Å². The van der Waals surface area contributed by atoms with E-state index in [1.54, 1.807) is 24.3 Å². The predicted molar refractivity (Wildman–Crippen MR) is 128 cm³/mol. The van der Waals surface area contributed by atoms with Crippen LogP contribution in [0.25, 0.3) is 0 Å². The van der Waals surface area contributed by atoms with E-state index >= 15 is 0 Å². The second kappa shape index (κ2) is 13.6. The third-order valence-corrected chi connectivity index (χ3v) is 5.29. The smallest absolute Gasteiger partial charge is 0.326 e. The number of H-pyrrole nitrogens is 1. The quantitative estimate of drug-likeness (QED) is 0.158. The van der Waals surface area contributed by atoms with E-state index in [0.29, 0.717) is 5.69 Å². The predicted octanol–water partition coefficient (Wildman–Crippen LogP) is -1.65.